The minimum atomic E-state index is -2.60. The van der Waals surface area contributed by atoms with Crippen LogP contribution >= 0.6 is 0 Å². The summed E-state index contributed by atoms with van der Waals surface area (Å²) in [5.41, 5.74) is -0.0237. The van der Waals surface area contributed by atoms with Gasteiger partial charge in [0.1, 0.15) is 5.75 Å². The molecule has 1 rings (SSSR count). The molecule has 0 amide bonds. The Morgan fingerprint density at radius 2 is 2.00 bits per heavy atom. The summed E-state index contributed by atoms with van der Waals surface area (Å²) in [5.74, 6) is 0.290. The minimum Gasteiger partial charge on any atom is -0.496 e. The van der Waals surface area contributed by atoms with Crippen molar-refractivity contribution in [3.63, 3.8) is 0 Å². The Morgan fingerprint density at radius 3 is 2.43 bits per heavy atom. The van der Waals surface area contributed by atoms with Crippen molar-refractivity contribution in [2.24, 2.45) is 0 Å². The normalized spacial score (nSPS) is 13.0. The second kappa shape index (κ2) is 4.37. The first-order valence-corrected chi connectivity index (χ1v) is 4.21. The molecule has 4 heteroatoms. The molecule has 0 fully saturated rings. The van der Waals surface area contributed by atoms with Crippen LogP contribution in [-0.4, -0.2) is 12.2 Å². The fourth-order valence-corrected chi connectivity index (χ4v) is 1.38. The average Bonchev–Trinajstić information content (AvgIpc) is 2.16. The Bertz CT molecular complexity index is 311. The summed E-state index contributed by atoms with van der Waals surface area (Å²) in [4.78, 5) is 0. The number of aliphatic hydroxyl groups is 1. The molecule has 0 aromatic heterocycles. The number of ether oxygens (including phenoxy) is 1. The third-order valence-electron chi connectivity index (χ3n) is 1.97. The van der Waals surface area contributed by atoms with Crippen molar-refractivity contribution < 1.29 is 18.6 Å². The van der Waals surface area contributed by atoms with E-state index in [1.54, 1.807) is 6.07 Å². The Kier molecular flexibility index (Phi) is 3.41. The molecule has 1 aromatic rings. The molecular formula is C10H12F2O2. The molecule has 0 heterocycles. The Labute approximate surface area is 81.1 Å². The van der Waals surface area contributed by atoms with Crippen molar-refractivity contribution in [2.75, 3.05) is 7.11 Å². The highest BCUT2D eigenvalue weighted by atomic mass is 19.3. The van der Waals surface area contributed by atoms with Gasteiger partial charge in [-0.25, -0.2) is 8.78 Å². The zero-order chi connectivity index (χ0) is 10.7. The molecule has 0 aliphatic rings. The monoisotopic (exact) mass is 202 g/mol. The SMILES string of the molecule is COc1cccc(C(F)F)c1C(C)O. The smallest absolute Gasteiger partial charge is 0.264 e. The summed E-state index contributed by atoms with van der Waals surface area (Å²) in [6.07, 6.45) is -3.56. The summed E-state index contributed by atoms with van der Waals surface area (Å²) >= 11 is 0. The van der Waals surface area contributed by atoms with Crippen LogP contribution in [0.5, 0.6) is 5.75 Å². The van der Waals surface area contributed by atoms with Crippen LogP contribution in [0.1, 0.15) is 30.6 Å². The van der Waals surface area contributed by atoms with Crippen LogP contribution in [0.3, 0.4) is 0 Å². The summed E-state index contributed by atoms with van der Waals surface area (Å²) in [5, 5.41) is 9.35. The van der Waals surface area contributed by atoms with Gasteiger partial charge in [0.15, 0.2) is 0 Å². The lowest BCUT2D eigenvalue weighted by Gasteiger charge is -2.15. The number of benzene rings is 1. The zero-order valence-electron chi connectivity index (χ0n) is 8.00. The maximum Gasteiger partial charge on any atom is 0.264 e. The lowest BCUT2D eigenvalue weighted by atomic mass is 10.0. The molecule has 1 N–H and O–H groups in total. The fraction of sp³-hybridized carbons (Fsp3) is 0.400. The van der Waals surface area contributed by atoms with E-state index < -0.39 is 12.5 Å². The topological polar surface area (TPSA) is 29.5 Å². The molecule has 0 saturated carbocycles. The number of hydrogen-bond acceptors (Lipinski definition) is 2. The molecule has 0 saturated heterocycles. The molecule has 78 valence electrons. The number of methoxy groups -OCH3 is 1. The molecule has 2 nitrogen and oxygen atoms in total. The van der Waals surface area contributed by atoms with Crippen molar-refractivity contribution in [3.8, 4) is 5.75 Å². The van der Waals surface area contributed by atoms with Gasteiger partial charge >= 0.3 is 0 Å². The van der Waals surface area contributed by atoms with Crippen LogP contribution in [0.15, 0.2) is 18.2 Å². The predicted octanol–water partition coefficient (Wildman–Crippen LogP) is 2.69. The number of alkyl halides is 2. The van der Waals surface area contributed by atoms with Gasteiger partial charge in [0.2, 0.25) is 0 Å². The summed E-state index contributed by atoms with van der Waals surface area (Å²) in [6, 6.07) is 4.31. The van der Waals surface area contributed by atoms with Crippen LogP contribution in [0.25, 0.3) is 0 Å². The fourth-order valence-electron chi connectivity index (χ4n) is 1.38. The molecule has 0 radical (unpaired) electrons. The third-order valence-corrected chi connectivity index (χ3v) is 1.97. The molecule has 0 aliphatic carbocycles. The first-order chi connectivity index (χ1) is 6.57. The van der Waals surface area contributed by atoms with Crippen molar-refractivity contribution in [3.05, 3.63) is 29.3 Å². The molecule has 0 bridgehead atoms. The second-order valence-corrected chi connectivity index (χ2v) is 2.94. The second-order valence-electron chi connectivity index (χ2n) is 2.94. The van der Waals surface area contributed by atoms with Crippen molar-refractivity contribution in [1.82, 2.24) is 0 Å². The largest absolute Gasteiger partial charge is 0.496 e. The molecule has 0 aliphatic heterocycles. The highest BCUT2D eigenvalue weighted by Gasteiger charge is 2.19. The maximum atomic E-state index is 12.5. The van der Waals surface area contributed by atoms with Crippen molar-refractivity contribution >= 4 is 0 Å². The van der Waals surface area contributed by atoms with E-state index in [0.29, 0.717) is 0 Å². The van der Waals surface area contributed by atoms with Crippen LogP contribution in [0, 0.1) is 0 Å². The Hall–Kier alpha value is -1.16. The van der Waals surface area contributed by atoms with Gasteiger partial charge in [0.25, 0.3) is 6.43 Å². The van der Waals surface area contributed by atoms with E-state index in [2.05, 4.69) is 0 Å². The van der Waals surface area contributed by atoms with E-state index in [1.807, 2.05) is 0 Å². The lowest BCUT2D eigenvalue weighted by Crippen LogP contribution is -2.02. The van der Waals surface area contributed by atoms with Crippen LogP contribution < -0.4 is 4.74 Å². The van der Waals surface area contributed by atoms with Gasteiger partial charge < -0.3 is 9.84 Å². The number of halogens is 2. The molecule has 1 unspecified atom stereocenters. The van der Waals surface area contributed by atoms with Crippen LogP contribution in [-0.2, 0) is 0 Å². The molecular weight excluding hydrogens is 190 g/mol. The zero-order valence-corrected chi connectivity index (χ0v) is 8.00. The van der Waals surface area contributed by atoms with Crippen LogP contribution in [0.4, 0.5) is 8.78 Å². The molecule has 1 atom stereocenters. The standard InChI is InChI=1S/C10H12F2O2/c1-6(13)9-7(10(11)12)4-3-5-8(9)14-2/h3-6,10,13H,1-2H3. The molecule has 14 heavy (non-hydrogen) atoms. The van der Waals surface area contributed by atoms with Gasteiger partial charge in [-0.2, -0.15) is 0 Å². The average molecular weight is 202 g/mol. The highest BCUT2D eigenvalue weighted by molar-refractivity contribution is 5.42. The Balaban J connectivity index is 3.28. The van der Waals surface area contributed by atoms with Gasteiger partial charge in [-0.15, -0.1) is 0 Å². The first-order valence-electron chi connectivity index (χ1n) is 4.21. The minimum absolute atomic E-state index is 0.157. The summed E-state index contributed by atoms with van der Waals surface area (Å²) < 4.78 is 30.0. The van der Waals surface area contributed by atoms with E-state index in [1.165, 1.54) is 26.2 Å². The highest BCUT2D eigenvalue weighted by Crippen LogP contribution is 2.33. The van der Waals surface area contributed by atoms with E-state index in [9.17, 15) is 13.9 Å². The number of rotatable bonds is 3. The molecule has 0 spiro atoms. The van der Waals surface area contributed by atoms with Gasteiger partial charge in [0, 0.05) is 11.1 Å². The van der Waals surface area contributed by atoms with Crippen molar-refractivity contribution in [2.45, 2.75) is 19.5 Å². The van der Waals surface area contributed by atoms with Gasteiger partial charge in [-0.05, 0) is 13.0 Å². The summed E-state index contributed by atoms with van der Waals surface area (Å²) in [6.45, 7) is 1.43. The first kappa shape index (κ1) is 10.9. The third kappa shape index (κ3) is 2.01. The molecule has 1 aromatic carbocycles. The quantitative estimate of drug-likeness (QED) is 0.816. The lowest BCUT2D eigenvalue weighted by molar-refractivity contribution is 0.138. The predicted molar refractivity (Wildman–Crippen MR) is 48.6 cm³/mol. The van der Waals surface area contributed by atoms with Gasteiger partial charge in [-0.1, -0.05) is 12.1 Å². The van der Waals surface area contributed by atoms with E-state index in [0.717, 1.165) is 0 Å². The van der Waals surface area contributed by atoms with Gasteiger partial charge in [0.05, 0.1) is 13.2 Å². The van der Waals surface area contributed by atoms with Crippen LogP contribution in [0.2, 0.25) is 0 Å². The number of hydrogen-bond donors (Lipinski definition) is 1. The summed E-state index contributed by atoms with van der Waals surface area (Å²) in [7, 11) is 1.39. The van der Waals surface area contributed by atoms with Crippen molar-refractivity contribution in [1.29, 1.82) is 0 Å². The van der Waals surface area contributed by atoms with E-state index in [-0.39, 0.29) is 16.9 Å². The van der Waals surface area contributed by atoms with Gasteiger partial charge in [-0.3, -0.25) is 0 Å². The number of aliphatic hydroxyl groups excluding tert-OH is 1. The van der Waals surface area contributed by atoms with E-state index in [4.69, 9.17) is 4.74 Å². The maximum absolute atomic E-state index is 12.5. The van der Waals surface area contributed by atoms with E-state index >= 15 is 0 Å². The Morgan fingerprint density at radius 1 is 1.36 bits per heavy atom.